The number of carbonyl (C=O) groups is 2. The van der Waals surface area contributed by atoms with E-state index in [4.69, 9.17) is 9.47 Å². The van der Waals surface area contributed by atoms with Crippen molar-refractivity contribution < 1.29 is 19.1 Å². The Labute approximate surface area is 158 Å². The quantitative estimate of drug-likeness (QED) is 0.582. The van der Waals surface area contributed by atoms with Gasteiger partial charge >= 0.3 is 0 Å². The van der Waals surface area contributed by atoms with Gasteiger partial charge in [-0.3, -0.25) is 14.6 Å². The topological polar surface area (TPSA) is 68.2 Å². The van der Waals surface area contributed by atoms with Crippen LogP contribution in [0.1, 0.15) is 22.8 Å². The molecule has 1 amide bonds. The number of hydrogen-bond donors (Lipinski definition) is 0. The smallest absolute Gasteiger partial charge is 0.260 e. The van der Waals surface area contributed by atoms with E-state index in [-0.39, 0.29) is 18.3 Å². The zero-order valence-electron chi connectivity index (χ0n) is 15.3. The van der Waals surface area contributed by atoms with Crippen LogP contribution >= 0.6 is 0 Å². The second kappa shape index (κ2) is 9.09. The van der Waals surface area contributed by atoms with Crippen molar-refractivity contribution in [3.05, 3.63) is 59.7 Å². The number of carbonyl (C=O) groups excluding carboxylic acids is 2. The lowest BCUT2D eigenvalue weighted by Crippen LogP contribution is -2.42. The van der Waals surface area contributed by atoms with Gasteiger partial charge in [-0.05, 0) is 61.0 Å². The number of ketones is 1. The van der Waals surface area contributed by atoms with Crippen molar-refractivity contribution in [1.82, 2.24) is 4.90 Å². The van der Waals surface area contributed by atoms with Gasteiger partial charge in [-0.1, -0.05) is 0 Å². The minimum Gasteiger partial charge on any atom is -0.484 e. The normalized spacial score (nSPS) is 14.3. The van der Waals surface area contributed by atoms with E-state index in [9.17, 15) is 9.59 Å². The summed E-state index contributed by atoms with van der Waals surface area (Å²) < 4.78 is 10.8. The van der Waals surface area contributed by atoms with E-state index in [2.05, 4.69) is 4.99 Å². The minimum atomic E-state index is -0.0297. The fraction of sp³-hybridized carbons (Fsp3) is 0.286. The average molecular weight is 366 g/mol. The van der Waals surface area contributed by atoms with Crippen LogP contribution in [0, 0.1) is 0 Å². The highest BCUT2D eigenvalue weighted by Crippen LogP contribution is 2.15. The fourth-order valence-corrected chi connectivity index (χ4v) is 2.63. The van der Waals surface area contributed by atoms with Gasteiger partial charge in [-0.2, -0.15) is 0 Å². The predicted octanol–water partition coefficient (Wildman–Crippen LogP) is 2.88. The average Bonchev–Trinajstić information content (AvgIpc) is 2.72. The first kappa shape index (κ1) is 18.8. The number of rotatable bonds is 6. The standard InChI is InChI=1S/C21H22N2O4/c1-16(24)18-4-6-19(7-5-18)22-14-17-2-8-20(9-3-17)27-15-21(25)23-10-12-26-13-11-23/h2-9,14H,10-13,15H2,1H3. The first-order valence-corrected chi connectivity index (χ1v) is 8.85. The Bertz CT molecular complexity index is 807. The Hall–Kier alpha value is -2.99. The Morgan fingerprint density at radius 1 is 1.07 bits per heavy atom. The summed E-state index contributed by atoms with van der Waals surface area (Å²) in [6, 6.07) is 14.5. The molecule has 0 atom stereocenters. The maximum atomic E-state index is 12.1. The lowest BCUT2D eigenvalue weighted by molar-refractivity contribution is -0.137. The number of Topliss-reactive ketones (excluding diaryl/α,β-unsaturated/α-hetero) is 1. The lowest BCUT2D eigenvalue weighted by Gasteiger charge is -2.26. The summed E-state index contributed by atoms with van der Waals surface area (Å²) in [5.74, 6) is 0.644. The van der Waals surface area contributed by atoms with Crippen molar-refractivity contribution in [2.24, 2.45) is 4.99 Å². The molecule has 1 saturated heterocycles. The third-order valence-corrected chi connectivity index (χ3v) is 4.24. The number of amides is 1. The van der Waals surface area contributed by atoms with Gasteiger partial charge in [0, 0.05) is 24.9 Å². The van der Waals surface area contributed by atoms with E-state index < -0.39 is 0 Å². The van der Waals surface area contributed by atoms with Crippen molar-refractivity contribution in [3.8, 4) is 5.75 Å². The number of benzene rings is 2. The lowest BCUT2D eigenvalue weighted by atomic mass is 10.1. The number of nitrogens with zero attached hydrogens (tertiary/aromatic N) is 2. The van der Waals surface area contributed by atoms with Gasteiger partial charge < -0.3 is 14.4 Å². The van der Waals surface area contributed by atoms with E-state index in [1.54, 1.807) is 23.2 Å². The van der Waals surface area contributed by atoms with Crippen molar-refractivity contribution in [1.29, 1.82) is 0 Å². The molecule has 0 saturated carbocycles. The SMILES string of the molecule is CC(=O)c1ccc(N=Cc2ccc(OCC(=O)N3CCOCC3)cc2)cc1. The molecule has 0 bridgehead atoms. The summed E-state index contributed by atoms with van der Waals surface area (Å²) in [7, 11) is 0. The van der Waals surface area contributed by atoms with Gasteiger partial charge in [-0.25, -0.2) is 0 Å². The molecule has 6 nitrogen and oxygen atoms in total. The maximum Gasteiger partial charge on any atom is 0.260 e. The highest BCUT2D eigenvalue weighted by Gasteiger charge is 2.16. The molecule has 1 aliphatic rings. The number of ether oxygens (including phenoxy) is 2. The first-order chi connectivity index (χ1) is 13.1. The Kier molecular flexibility index (Phi) is 6.33. The molecule has 0 radical (unpaired) electrons. The van der Waals surface area contributed by atoms with Crippen LogP contribution in [0.2, 0.25) is 0 Å². The molecular weight excluding hydrogens is 344 g/mol. The van der Waals surface area contributed by atoms with Crippen LogP contribution in [0.25, 0.3) is 0 Å². The summed E-state index contributed by atoms with van der Waals surface area (Å²) in [6.45, 7) is 3.96. The Balaban J connectivity index is 1.52. The van der Waals surface area contributed by atoms with E-state index in [0.717, 1.165) is 11.3 Å². The van der Waals surface area contributed by atoms with Gasteiger partial charge in [0.25, 0.3) is 5.91 Å². The van der Waals surface area contributed by atoms with Crippen LogP contribution < -0.4 is 4.74 Å². The summed E-state index contributed by atoms with van der Waals surface area (Å²) in [5, 5.41) is 0. The molecule has 27 heavy (non-hydrogen) atoms. The molecule has 0 aromatic heterocycles. The third-order valence-electron chi connectivity index (χ3n) is 4.24. The molecule has 140 valence electrons. The molecule has 1 aliphatic heterocycles. The second-order valence-electron chi connectivity index (χ2n) is 6.21. The largest absolute Gasteiger partial charge is 0.484 e. The zero-order valence-corrected chi connectivity index (χ0v) is 15.3. The van der Waals surface area contributed by atoms with E-state index >= 15 is 0 Å². The summed E-state index contributed by atoms with van der Waals surface area (Å²) in [6.07, 6.45) is 1.74. The molecule has 0 spiro atoms. The number of aliphatic imine (C=N–C) groups is 1. The molecule has 2 aromatic carbocycles. The maximum absolute atomic E-state index is 12.1. The van der Waals surface area contributed by atoms with Crippen LogP contribution in [0.4, 0.5) is 5.69 Å². The minimum absolute atomic E-state index is 0.0237. The van der Waals surface area contributed by atoms with Crippen LogP contribution in [0.5, 0.6) is 5.75 Å². The van der Waals surface area contributed by atoms with Gasteiger partial charge in [0.15, 0.2) is 12.4 Å². The van der Waals surface area contributed by atoms with Crippen LogP contribution in [-0.2, 0) is 9.53 Å². The van der Waals surface area contributed by atoms with E-state index in [0.29, 0.717) is 37.6 Å². The zero-order chi connectivity index (χ0) is 19.1. The summed E-state index contributed by atoms with van der Waals surface area (Å²) in [4.78, 5) is 29.5. The number of hydrogen-bond acceptors (Lipinski definition) is 5. The fourth-order valence-electron chi connectivity index (χ4n) is 2.63. The first-order valence-electron chi connectivity index (χ1n) is 8.85. The van der Waals surface area contributed by atoms with Crippen LogP contribution in [0.15, 0.2) is 53.5 Å². The van der Waals surface area contributed by atoms with Crippen molar-refractivity contribution in [3.63, 3.8) is 0 Å². The molecule has 3 rings (SSSR count). The van der Waals surface area contributed by atoms with Crippen molar-refractivity contribution >= 4 is 23.6 Å². The monoisotopic (exact) mass is 366 g/mol. The molecule has 0 unspecified atom stereocenters. The van der Waals surface area contributed by atoms with Crippen LogP contribution in [0.3, 0.4) is 0 Å². The third kappa shape index (κ3) is 5.49. The predicted molar refractivity (Wildman–Crippen MR) is 103 cm³/mol. The second-order valence-corrected chi connectivity index (χ2v) is 6.21. The van der Waals surface area contributed by atoms with E-state index in [1.807, 2.05) is 36.4 Å². The molecule has 1 heterocycles. The summed E-state index contributed by atoms with van der Waals surface area (Å²) in [5.41, 5.74) is 2.36. The molecule has 6 heteroatoms. The molecule has 1 fully saturated rings. The van der Waals surface area contributed by atoms with Gasteiger partial charge in [-0.15, -0.1) is 0 Å². The Morgan fingerprint density at radius 2 is 1.74 bits per heavy atom. The Morgan fingerprint density at radius 3 is 2.37 bits per heavy atom. The molecular formula is C21H22N2O4. The van der Waals surface area contributed by atoms with Crippen molar-refractivity contribution in [2.45, 2.75) is 6.92 Å². The summed E-state index contributed by atoms with van der Waals surface area (Å²) >= 11 is 0. The molecule has 0 N–H and O–H groups in total. The molecule has 2 aromatic rings. The van der Waals surface area contributed by atoms with Crippen molar-refractivity contribution in [2.75, 3.05) is 32.9 Å². The van der Waals surface area contributed by atoms with Gasteiger partial charge in [0.2, 0.25) is 0 Å². The highest BCUT2D eigenvalue weighted by molar-refractivity contribution is 5.94. The highest BCUT2D eigenvalue weighted by atomic mass is 16.5. The number of morpholine rings is 1. The van der Waals surface area contributed by atoms with Crippen LogP contribution in [-0.4, -0.2) is 55.7 Å². The van der Waals surface area contributed by atoms with E-state index in [1.165, 1.54) is 6.92 Å². The van der Waals surface area contributed by atoms with Gasteiger partial charge in [0.05, 0.1) is 18.9 Å². The molecule has 0 aliphatic carbocycles. The van der Waals surface area contributed by atoms with Gasteiger partial charge in [0.1, 0.15) is 5.75 Å².